The van der Waals surface area contributed by atoms with Crippen molar-refractivity contribution in [3.05, 3.63) is 64.7 Å². The van der Waals surface area contributed by atoms with Gasteiger partial charge in [-0.25, -0.2) is 4.99 Å². The number of alkyl halides is 3. The number of halogens is 3. The lowest BCUT2D eigenvalue weighted by atomic mass is 9.93. The number of nitrogens with zero attached hydrogens (tertiary/aromatic N) is 1. The first kappa shape index (κ1) is 33.2. The number of aryl methyl sites for hydroxylation is 3. The van der Waals surface area contributed by atoms with Gasteiger partial charge >= 0.3 is 6.18 Å². The molecule has 3 rings (SSSR count). The number of ether oxygens (including phenoxy) is 2. The average molecular weight is 596 g/mol. The van der Waals surface area contributed by atoms with E-state index in [2.05, 4.69) is 4.99 Å². The minimum Gasteiger partial charge on any atom is -0.493 e. The van der Waals surface area contributed by atoms with E-state index in [1.54, 1.807) is 13.0 Å². The highest BCUT2D eigenvalue weighted by molar-refractivity contribution is 7.62. The van der Waals surface area contributed by atoms with E-state index in [0.717, 1.165) is 23.6 Å². The summed E-state index contributed by atoms with van der Waals surface area (Å²) in [7, 11) is -3.16. The van der Waals surface area contributed by atoms with Crippen LogP contribution in [0.2, 0.25) is 0 Å². The Bertz CT molecular complexity index is 1240. The first-order valence-corrected chi connectivity index (χ1v) is 15.8. The molecule has 1 aliphatic heterocycles. The number of rotatable bonds is 11. The molecule has 0 aliphatic carbocycles. The second-order valence-electron chi connectivity index (χ2n) is 13.1. The normalized spacial score (nSPS) is 18.3. The zero-order valence-electron chi connectivity index (χ0n) is 25.7. The maximum Gasteiger partial charge on any atom is 0.419 e. The highest BCUT2D eigenvalue weighted by atomic mass is 31.2. The molecule has 2 aromatic carbocycles. The van der Waals surface area contributed by atoms with Crippen LogP contribution < -0.4 is 4.74 Å². The molecule has 0 N–H and O–H groups in total. The zero-order chi connectivity index (χ0) is 30.7. The summed E-state index contributed by atoms with van der Waals surface area (Å²) in [5, 5.41) is -1.19. The molecule has 1 unspecified atom stereocenters. The van der Waals surface area contributed by atoms with Gasteiger partial charge in [-0.15, -0.1) is 0 Å². The Morgan fingerprint density at radius 2 is 1.54 bits per heavy atom. The molecule has 9 heteroatoms. The van der Waals surface area contributed by atoms with Gasteiger partial charge in [0, 0.05) is 17.2 Å². The fourth-order valence-electron chi connectivity index (χ4n) is 5.19. The van der Waals surface area contributed by atoms with Gasteiger partial charge < -0.3 is 14.0 Å². The molecule has 228 valence electrons. The van der Waals surface area contributed by atoms with Crippen LogP contribution in [0.5, 0.6) is 5.75 Å². The van der Waals surface area contributed by atoms with Crippen LogP contribution in [0, 0.1) is 6.92 Å². The quantitative estimate of drug-likeness (QED) is 0.192. The number of aliphatic imine (C=N–C) groups is 1. The molecule has 0 bridgehead atoms. The molecule has 41 heavy (non-hydrogen) atoms. The van der Waals surface area contributed by atoms with E-state index >= 15 is 0 Å². The molecule has 5 nitrogen and oxygen atoms in total. The van der Waals surface area contributed by atoms with Crippen LogP contribution in [0.1, 0.15) is 83.6 Å². The van der Waals surface area contributed by atoms with Gasteiger partial charge in [-0.05, 0) is 55.9 Å². The standard InChI is InChI=1S/C32H45F3NO4P/c1-23-11-13-25(14-12-23)10-9-19-38-28-16-15-26(20-27(28)32(33,34)35)17-18-31(21-39-24(2)36-31)22-40-41(37,29(3,4)5)30(6,7)8/h11-16,20H,9-10,17-19,21-22H2,1-8H3. The average Bonchev–Trinajstić information content (AvgIpc) is 3.24. The second-order valence-corrected chi connectivity index (χ2v) is 17.1. The van der Waals surface area contributed by atoms with Crippen LogP contribution in [0.4, 0.5) is 13.2 Å². The second kappa shape index (κ2) is 12.5. The third-order valence-corrected chi connectivity index (χ3v) is 11.5. The Balaban J connectivity index is 1.72. The summed E-state index contributed by atoms with van der Waals surface area (Å²) in [5.41, 5.74) is 1.18. The third-order valence-electron chi connectivity index (χ3n) is 7.44. The largest absolute Gasteiger partial charge is 0.493 e. The van der Waals surface area contributed by atoms with E-state index in [4.69, 9.17) is 14.0 Å². The molecule has 2 aromatic rings. The van der Waals surface area contributed by atoms with Gasteiger partial charge in [0.15, 0.2) is 5.90 Å². The van der Waals surface area contributed by atoms with E-state index in [1.165, 1.54) is 6.07 Å². The number of hydrogen-bond donors (Lipinski definition) is 0. The summed E-state index contributed by atoms with van der Waals surface area (Å²) < 4.78 is 73.6. The summed E-state index contributed by atoms with van der Waals surface area (Å²) in [6.45, 7) is 15.6. The van der Waals surface area contributed by atoms with Crippen LogP contribution in [0.25, 0.3) is 0 Å². The van der Waals surface area contributed by atoms with E-state index in [1.807, 2.05) is 72.7 Å². The van der Waals surface area contributed by atoms with E-state index in [9.17, 15) is 17.7 Å². The maximum atomic E-state index is 14.1. The molecule has 1 atom stereocenters. The Kier molecular flexibility index (Phi) is 10.1. The fraction of sp³-hybridized carbons (Fsp3) is 0.594. The first-order chi connectivity index (χ1) is 18.9. The van der Waals surface area contributed by atoms with Crippen LogP contribution in [0.3, 0.4) is 0 Å². The van der Waals surface area contributed by atoms with E-state index in [0.29, 0.717) is 30.7 Å². The third kappa shape index (κ3) is 8.38. The Morgan fingerprint density at radius 1 is 0.927 bits per heavy atom. The molecule has 0 spiro atoms. The molecule has 0 radical (unpaired) electrons. The smallest absolute Gasteiger partial charge is 0.419 e. The Labute approximate surface area is 243 Å². The Morgan fingerprint density at radius 3 is 2.07 bits per heavy atom. The number of hydrogen-bond acceptors (Lipinski definition) is 5. The van der Waals surface area contributed by atoms with Crippen LogP contribution in [0.15, 0.2) is 47.5 Å². The van der Waals surface area contributed by atoms with Crippen molar-refractivity contribution in [2.24, 2.45) is 4.99 Å². The van der Waals surface area contributed by atoms with Crippen LogP contribution >= 0.6 is 7.37 Å². The minimum atomic E-state index is -4.56. The summed E-state index contributed by atoms with van der Waals surface area (Å²) in [4.78, 5) is 4.67. The van der Waals surface area contributed by atoms with Crippen LogP contribution in [-0.4, -0.2) is 41.6 Å². The molecule has 0 saturated carbocycles. The minimum absolute atomic E-state index is 0.0600. The van der Waals surface area contributed by atoms with Crippen LogP contribution in [-0.2, 0) is 32.8 Å². The van der Waals surface area contributed by atoms with Gasteiger partial charge in [0.05, 0.1) is 18.8 Å². The summed E-state index contributed by atoms with van der Waals surface area (Å²) in [6, 6.07) is 12.3. The highest BCUT2D eigenvalue weighted by Crippen LogP contribution is 2.67. The number of benzene rings is 2. The molecule has 1 heterocycles. The van der Waals surface area contributed by atoms with Crippen molar-refractivity contribution in [2.45, 2.75) is 103 Å². The van der Waals surface area contributed by atoms with Gasteiger partial charge in [-0.1, -0.05) is 77.4 Å². The maximum absolute atomic E-state index is 14.1. The lowest BCUT2D eigenvalue weighted by Crippen LogP contribution is -2.38. The molecule has 1 aliphatic rings. The molecule has 0 aromatic heterocycles. The van der Waals surface area contributed by atoms with Crippen molar-refractivity contribution in [1.29, 1.82) is 0 Å². The lowest BCUT2D eigenvalue weighted by molar-refractivity contribution is -0.139. The van der Waals surface area contributed by atoms with Crippen molar-refractivity contribution in [3.63, 3.8) is 0 Å². The summed E-state index contributed by atoms with van der Waals surface area (Å²) in [5.74, 6) is 0.317. The molecule has 0 saturated heterocycles. The van der Waals surface area contributed by atoms with Crippen molar-refractivity contribution in [2.75, 3.05) is 19.8 Å². The van der Waals surface area contributed by atoms with E-state index in [-0.39, 0.29) is 25.6 Å². The predicted octanol–water partition coefficient (Wildman–Crippen LogP) is 9.04. The Hall–Kier alpha value is -2.31. The molecule has 0 amide bonds. The zero-order valence-corrected chi connectivity index (χ0v) is 26.5. The van der Waals surface area contributed by atoms with Crippen molar-refractivity contribution in [1.82, 2.24) is 0 Å². The van der Waals surface area contributed by atoms with Crippen molar-refractivity contribution < 1.29 is 31.7 Å². The molecule has 0 fully saturated rings. The molecular weight excluding hydrogens is 550 g/mol. The monoisotopic (exact) mass is 595 g/mol. The van der Waals surface area contributed by atoms with Crippen molar-refractivity contribution in [3.8, 4) is 5.75 Å². The molecular formula is C32H45F3NO4P. The van der Waals surface area contributed by atoms with E-state index < -0.39 is 35.0 Å². The predicted molar refractivity (Wildman–Crippen MR) is 160 cm³/mol. The van der Waals surface area contributed by atoms with Gasteiger partial charge in [0.1, 0.15) is 17.9 Å². The SMILES string of the molecule is CC1=NC(CCc2ccc(OCCCc3ccc(C)cc3)c(C(F)(F)F)c2)(COP(=O)(C(C)(C)C)C(C)(C)C)CO1. The van der Waals surface area contributed by atoms with Gasteiger partial charge in [0.25, 0.3) is 0 Å². The topological polar surface area (TPSA) is 57.1 Å². The summed E-state index contributed by atoms with van der Waals surface area (Å²) in [6.07, 6.45) is -2.53. The van der Waals surface area contributed by atoms with Crippen molar-refractivity contribution >= 4 is 13.3 Å². The summed E-state index contributed by atoms with van der Waals surface area (Å²) >= 11 is 0. The van der Waals surface area contributed by atoms with Gasteiger partial charge in [0.2, 0.25) is 7.37 Å². The fourth-order valence-corrected chi connectivity index (χ4v) is 8.40. The van der Waals surface area contributed by atoms with Gasteiger partial charge in [-0.2, -0.15) is 13.2 Å². The van der Waals surface area contributed by atoms with Gasteiger partial charge in [-0.3, -0.25) is 4.57 Å². The first-order valence-electron chi connectivity index (χ1n) is 14.2. The lowest BCUT2D eigenvalue weighted by Gasteiger charge is -2.41. The highest BCUT2D eigenvalue weighted by Gasteiger charge is 2.50.